The highest BCUT2D eigenvalue weighted by Gasteiger charge is 2.29. The third kappa shape index (κ3) is 3.70. The third-order valence-electron chi connectivity index (χ3n) is 7.51. The van der Waals surface area contributed by atoms with Crippen molar-refractivity contribution in [3.8, 4) is 55.6 Å². The Morgan fingerprint density at radius 2 is 0.595 bits per heavy atom. The minimum atomic E-state index is 0.953. The first-order chi connectivity index (χ1) is 18.4. The van der Waals surface area contributed by atoms with Gasteiger partial charge in [0.1, 0.15) is 0 Å². The molecular weight excluding hydrogens is 444 g/mol. The molecule has 0 aromatic heterocycles. The normalized spacial score (nSPS) is 11.7. The van der Waals surface area contributed by atoms with Crippen molar-refractivity contribution in [2.75, 3.05) is 0 Å². The van der Waals surface area contributed by atoms with E-state index in [1.54, 1.807) is 0 Å². The molecule has 1 aliphatic carbocycles. The van der Waals surface area contributed by atoms with Gasteiger partial charge < -0.3 is 0 Å². The Morgan fingerprint density at radius 1 is 0.270 bits per heavy atom. The zero-order valence-electron chi connectivity index (χ0n) is 20.6. The van der Waals surface area contributed by atoms with E-state index in [9.17, 15) is 0 Å². The van der Waals surface area contributed by atoms with E-state index in [4.69, 9.17) is 0 Å². The zero-order chi connectivity index (χ0) is 24.6. The maximum Gasteiger partial charge on any atom is -0.00130 e. The van der Waals surface area contributed by atoms with Crippen molar-refractivity contribution in [2.24, 2.45) is 0 Å². The summed E-state index contributed by atoms with van der Waals surface area (Å²) in [7, 11) is 0. The second-order valence-electron chi connectivity index (χ2n) is 9.69. The van der Waals surface area contributed by atoms with Crippen molar-refractivity contribution in [1.29, 1.82) is 0 Å². The second-order valence-corrected chi connectivity index (χ2v) is 9.69. The number of rotatable bonds is 4. The molecule has 0 amide bonds. The van der Waals surface area contributed by atoms with Crippen LogP contribution >= 0.6 is 0 Å². The SMILES string of the molecule is c1ccc(-c2ccc3c(c2-c2ccccc2)-c2c(ccc(-c4ccccc4)c2-c2ccccc2)C3)cc1. The highest BCUT2D eigenvalue weighted by molar-refractivity contribution is 6.06. The molecule has 7 rings (SSSR count). The van der Waals surface area contributed by atoms with Crippen LogP contribution in [0.15, 0.2) is 146 Å². The van der Waals surface area contributed by atoms with Crippen LogP contribution in [0.2, 0.25) is 0 Å². The molecule has 0 heteroatoms. The van der Waals surface area contributed by atoms with Gasteiger partial charge in [0.15, 0.2) is 0 Å². The van der Waals surface area contributed by atoms with Crippen molar-refractivity contribution in [3.05, 3.63) is 157 Å². The molecule has 174 valence electrons. The van der Waals surface area contributed by atoms with Gasteiger partial charge in [-0.05, 0) is 73.2 Å². The molecule has 0 fully saturated rings. The molecule has 0 bridgehead atoms. The summed E-state index contributed by atoms with van der Waals surface area (Å²) in [6.45, 7) is 0. The van der Waals surface area contributed by atoms with E-state index in [1.165, 1.54) is 66.8 Å². The van der Waals surface area contributed by atoms with Crippen LogP contribution in [0, 0.1) is 0 Å². The highest BCUT2D eigenvalue weighted by Crippen LogP contribution is 2.52. The molecule has 6 aromatic carbocycles. The molecule has 0 spiro atoms. The van der Waals surface area contributed by atoms with Crippen LogP contribution in [-0.4, -0.2) is 0 Å². The summed E-state index contributed by atoms with van der Waals surface area (Å²) in [5.41, 5.74) is 15.8. The Labute approximate surface area is 218 Å². The van der Waals surface area contributed by atoms with Crippen LogP contribution in [0.1, 0.15) is 11.1 Å². The lowest BCUT2D eigenvalue weighted by Gasteiger charge is -2.20. The van der Waals surface area contributed by atoms with Crippen molar-refractivity contribution in [1.82, 2.24) is 0 Å². The van der Waals surface area contributed by atoms with E-state index in [0.29, 0.717) is 0 Å². The molecular formula is C37H26. The van der Waals surface area contributed by atoms with Gasteiger partial charge in [-0.2, -0.15) is 0 Å². The fraction of sp³-hybridized carbons (Fsp3) is 0.0270. The van der Waals surface area contributed by atoms with Gasteiger partial charge in [0, 0.05) is 0 Å². The largest absolute Gasteiger partial charge is 0.0622 e. The Balaban J connectivity index is 1.61. The smallest absolute Gasteiger partial charge is 0.00130 e. The standard InChI is InChI=1S/C37H26/c1-5-13-26(14-6-1)32-23-21-30-25-31-22-24-33(27-15-7-2-8-16-27)35(29-19-11-4-12-20-29)37(31)36(30)34(32)28-17-9-3-10-18-28/h1-24H,25H2. The molecule has 0 aliphatic heterocycles. The van der Waals surface area contributed by atoms with Crippen molar-refractivity contribution in [2.45, 2.75) is 6.42 Å². The molecule has 37 heavy (non-hydrogen) atoms. The molecule has 0 nitrogen and oxygen atoms in total. The van der Waals surface area contributed by atoms with Crippen molar-refractivity contribution >= 4 is 0 Å². The van der Waals surface area contributed by atoms with Gasteiger partial charge in [-0.1, -0.05) is 146 Å². The fourth-order valence-corrected chi connectivity index (χ4v) is 5.89. The van der Waals surface area contributed by atoms with Crippen LogP contribution in [-0.2, 0) is 6.42 Å². The maximum atomic E-state index is 2.35. The van der Waals surface area contributed by atoms with Gasteiger partial charge in [-0.3, -0.25) is 0 Å². The minimum Gasteiger partial charge on any atom is -0.0622 e. The average Bonchev–Trinajstić information content (AvgIpc) is 3.37. The Morgan fingerprint density at radius 3 is 0.946 bits per heavy atom. The monoisotopic (exact) mass is 470 g/mol. The van der Waals surface area contributed by atoms with Crippen molar-refractivity contribution in [3.63, 3.8) is 0 Å². The molecule has 0 saturated heterocycles. The predicted octanol–water partition coefficient (Wildman–Crippen LogP) is 9.93. The number of benzene rings is 6. The van der Waals surface area contributed by atoms with Gasteiger partial charge in [0.05, 0.1) is 0 Å². The Kier molecular flexibility index (Phi) is 5.30. The molecule has 6 aromatic rings. The molecule has 0 heterocycles. The minimum absolute atomic E-state index is 0.953. The Hall–Kier alpha value is -4.68. The van der Waals surface area contributed by atoms with Crippen LogP contribution < -0.4 is 0 Å². The lowest BCUT2D eigenvalue weighted by Crippen LogP contribution is -1.94. The lowest BCUT2D eigenvalue weighted by molar-refractivity contribution is 1.26. The molecule has 0 unspecified atom stereocenters. The van der Waals surface area contributed by atoms with Crippen molar-refractivity contribution < 1.29 is 0 Å². The summed E-state index contributed by atoms with van der Waals surface area (Å²) in [5.74, 6) is 0. The summed E-state index contributed by atoms with van der Waals surface area (Å²) in [6.07, 6.45) is 0.953. The van der Waals surface area contributed by atoms with Crippen LogP contribution in [0.5, 0.6) is 0 Å². The van der Waals surface area contributed by atoms with Gasteiger partial charge in [-0.25, -0.2) is 0 Å². The quantitative estimate of drug-likeness (QED) is 0.240. The van der Waals surface area contributed by atoms with E-state index >= 15 is 0 Å². The number of fused-ring (bicyclic) bond motifs is 3. The number of hydrogen-bond acceptors (Lipinski definition) is 0. The van der Waals surface area contributed by atoms with Gasteiger partial charge in [-0.15, -0.1) is 0 Å². The summed E-state index contributed by atoms with van der Waals surface area (Å²) < 4.78 is 0. The number of hydrogen-bond donors (Lipinski definition) is 0. The van der Waals surface area contributed by atoms with Crippen LogP contribution in [0.3, 0.4) is 0 Å². The molecule has 0 atom stereocenters. The molecule has 1 aliphatic rings. The van der Waals surface area contributed by atoms with E-state index in [0.717, 1.165) is 6.42 Å². The summed E-state index contributed by atoms with van der Waals surface area (Å²) in [6, 6.07) is 52.8. The average molecular weight is 471 g/mol. The maximum absolute atomic E-state index is 2.35. The van der Waals surface area contributed by atoms with Crippen LogP contribution in [0.4, 0.5) is 0 Å². The molecule has 0 N–H and O–H groups in total. The first-order valence-corrected chi connectivity index (χ1v) is 12.9. The van der Waals surface area contributed by atoms with E-state index < -0.39 is 0 Å². The predicted molar refractivity (Wildman–Crippen MR) is 156 cm³/mol. The first kappa shape index (κ1) is 21.6. The Bertz CT molecular complexity index is 1570. The summed E-state index contributed by atoms with van der Waals surface area (Å²) in [4.78, 5) is 0. The van der Waals surface area contributed by atoms with E-state index in [2.05, 4.69) is 146 Å². The molecule has 0 radical (unpaired) electrons. The second kappa shape index (κ2) is 9.08. The van der Waals surface area contributed by atoms with E-state index in [-0.39, 0.29) is 0 Å². The zero-order valence-corrected chi connectivity index (χ0v) is 20.6. The summed E-state index contributed by atoms with van der Waals surface area (Å²) in [5, 5.41) is 0. The van der Waals surface area contributed by atoms with Gasteiger partial charge in [0.25, 0.3) is 0 Å². The lowest BCUT2D eigenvalue weighted by atomic mass is 9.82. The molecule has 0 saturated carbocycles. The van der Waals surface area contributed by atoms with Gasteiger partial charge in [0.2, 0.25) is 0 Å². The van der Waals surface area contributed by atoms with E-state index in [1.807, 2.05) is 0 Å². The first-order valence-electron chi connectivity index (χ1n) is 12.9. The summed E-state index contributed by atoms with van der Waals surface area (Å²) >= 11 is 0. The third-order valence-corrected chi connectivity index (χ3v) is 7.51. The highest BCUT2D eigenvalue weighted by atomic mass is 14.3. The topological polar surface area (TPSA) is 0 Å². The fourth-order valence-electron chi connectivity index (χ4n) is 5.89. The van der Waals surface area contributed by atoms with Gasteiger partial charge >= 0.3 is 0 Å². The van der Waals surface area contributed by atoms with Crippen LogP contribution in [0.25, 0.3) is 55.6 Å².